The van der Waals surface area contributed by atoms with E-state index in [4.69, 9.17) is 4.74 Å². The predicted octanol–water partition coefficient (Wildman–Crippen LogP) is 4.11. The Labute approximate surface area is 161 Å². The van der Waals surface area contributed by atoms with E-state index in [2.05, 4.69) is 17.6 Å². The van der Waals surface area contributed by atoms with Crippen LogP contribution in [0.5, 0.6) is 5.75 Å². The van der Waals surface area contributed by atoms with Crippen molar-refractivity contribution in [1.82, 2.24) is 5.32 Å². The third kappa shape index (κ3) is 7.13. The lowest BCUT2D eigenvalue weighted by molar-refractivity contribution is -0.136. The first-order valence-electron chi connectivity index (χ1n) is 9.47. The number of hydrogen-bond acceptors (Lipinski definition) is 3. The average molecular weight is 368 g/mol. The first-order chi connectivity index (χ1) is 13.1. The van der Waals surface area contributed by atoms with Crippen molar-refractivity contribution in [2.24, 2.45) is 0 Å². The van der Waals surface area contributed by atoms with E-state index in [-0.39, 0.29) is 5.92 Å². The van der Waals surface area contributed by atoms with Crippen molar-refractivity contribution < 1.29 is 14.3 Å². The molecular formula is C22H28N2O3. The summed E-state index contributed by atoms with van der Waals surface area (Å²) < 4.78 is 5.63. The van der Waals surface area contributed by atoms with Gasteiger partial charge in [0.1, 0.15) is 5.75 Å². The summed E-state index contributed by atoms with van der Waals surface area (Å²) in [6.45, 7) is 5.24. The first-order valence-corrected chi connectivity index (χ1v) is 9.47. The number of carbonyl (C=O) groups is 2. The summed E-state index contributed by atoms with van der Waals surface area (Å²) in [5.74, 6) is -0.429. The molecule has 0 fully saturated rings. The Kier molecular flexibility index (Phi) is 8.36. The van der Waals surface area contributed by atoms with Gasteiger partial charge in [-0.1, -0.05) is 57.0 Å². The summed E-state index contributed by atoms with van der Waals surface area (Å²) in [6.07, 6.45) is 3.32. The van der Waals surface area contributed by atoms with Crippen LogP contribution in [0.1, 0.15) is 44.6 Å². The number of unbranched alkanes of at least 4 members (excludes halogenated alkanes) is 2. The van der Waals surface area contributed by atoms with Gasteiger partial charge in [0.15, 0.2) is 0 Å². The van der Waals surface area contributed by atoms with E-state index < -0.39 is 11.8 Å². The van der Waals surface area contributed by atoms with Crippen LogP contribution in [0.15, 0.2) is 54.6 Å². The largest absolute Gasteiger partial charge is 0.494 e. The van der Waals surface area contributed by atoms with Crippen LogP contribution in [0.25, 0.3) is 0 Å². The Balaban J connectivity index is 1.76. The maximum atomic E-state index is 12.0. The number of benzene rings is 2. The highest BCUT2D eigenvalue weighted by atomic mass is 16.5. The zero-order chi connectivity index (χ0) is 19.5. The molecule has 2 aromatic carbocycles. The smallest absolute Gasteiger partial charge is 0.313 e. The lowest BCUT2D eigenvalue weighted by atomic mass is 10.0. The monoisotopic (exact) mass is 368 g/mol. The van der Waals surface area contributed by atoms with Gasteiger partial charge < -0.3 is 15.4 Å². The van der Waals surface area contributed by atoms with Crippen LogP contribution in [0.2, 0.25) is 0 Å². The number of anilines is 1. The fraction of sp³-hybridized carbons (Fsp3) is 0.364. The second kappa shape index (κ2) is 11.0. The highest BCUT2D eigenvalue weighted by molar-refractivity contribution is 6.39. The van der Waals surface area contributed by atoms with Crippen molar-refractivity contribution in [3.05, 3.63) is 60.2 Å². The number of hydrogen-bond donors (Lipinski definition) is 2. The number of nitrogens with one attached hydrogen (secondary N) is 2. The molecule has 1 unspecified atom stereocenters. The normalized spacial score (nSPS) is 11.5. The number of rotatable bonds is 9. The molecule has 0 bridgehead atoms. The number of carbonyl (C=O) groups excluding carboxylic acids is 2. The quantitative estimate of drug-likeness (QED) is 0.517. The van der Waals surface area contributed by atoms with Gasteiger partial charge in [-0.2, -0.15) is 0 Å². The highest BCUT2D eigenvalue weighted by Crippen LogP contribution is 2.16. The van der Waals surface area contributed by atoms with Crippen LogP contribution in [-0.2, 0) is 9.59 Å². The maximum Gasteiger partial charge on any atom is 0.313 e. The lowest BCUT2D eigenvalue weighted by Gasteiger charge is -2.13. The summed E-state index contributed by atoms with van der Waals surface area (Å²) in [7, 11) is 0. The molecule has 0 radical (unpaired) electrons. The van der Waals surface area contributed by atoms with Gasteiger partial charge in [-0.25, -0.2) is 0 Å². The molecule has 2 amide bonds. The van der Waals surface area contributed by atoms with E-state index in [1.807, 2.05) is 37.3 Å². The lowest BCUT2D eigenvalue weighted by Crippen LogP contribution is -2.37. The molecule has 2 N–H and O–H groups in total. The molecule has 27 heavy (non-hydrogen) atoms. The number of ether oxygens (including phenoxy) is 1. The topological polar surface area (TPSA) is 67.4 Å². The molecule has 1 atom stereocenters. The molecule has 0 aliphatic rings. The van der Waals surface area contributed by atoms with Gasteiger partial charge in [-0.05, 0) is 42.2 Å². The molecule has 0 saturated carbocycles. The summed E-state index contributed by atoms with van der Waals surface area (Å²) in [5, 5.41) is 5.28. The van der Waals surface area contributed by atoms with Gasteiger partial charge in [-0.3, -0.25) is 9.59 Å². The van der Waals surface area contributed by atoms with Crippen LogP contribution >= 0.6 is 0 Å². The molecule has 0 spiro atoms. The Bertz CT molecular complexity index is 714. The van der Waals surface area contributed by atoms with Crippen molar-refractivity contribution in [1.29, 1.82) is 0 Å². The molecule has 5 nitrogen and oxygen atoms in total. The van der Waals surface area contributed by atoms with E-state index in [1.54, 1.807) is 24.3 Å². The molecule has 0 heterocycles. The highest BCUT2D eigenvalue weighted by Gasteiger charge is 2.15. The minimum atomic E-state index is -0.674. The molecule has 0 aliphatic carbocycles. The van der Waals surface area contributed by atoms with Crippen LogP contribution in [0, 0.1) is 0 Å². The van der Waals surface area contributed by atoms with E-state index in [0.29, 0.717) is 18.8 Å². The van der Waals surface area contributed by atoms with E-state index in [0.717, 1.165) is 30.6 Å². The van der Waals surface area contributed by atoms with Gasteiger partial charge in [0.05, 0.1) is 6.61 Å². The van der Waals surface area contributed by atoms with Gasteiger partial charge in [0.2, 0.25) is 0 Å². The van der Waals surface area contributed by atoms with Crippen LogP contribution in [0.3, 0.4) is 0 Å². The number of amides is 2. The second-order valence-corrected chi connectivity index (χ2v) is 6.56. The standard InChI is InChI=1S/C22H28N2O3/c1-3-4-8-15-27-20-13-11-19(12-14-20)24-22(26)21(25)23-16-17(2)18-9-6-5-7-10-18/h5-7,9-14,17H,3-4,8,15-16H2,1-2H3,(H,23,25)(H,24,26). The Morgan fingerprint density at radius 2 is 1.67 bits per heavy atom. The fourth-order valence-electron chi connectivity index (χ4n) is 2.59. The average Bonchev–Trinajstić information content (AvgIpc) is 2.71. The van der Waals surface area contributed by atoms with Crippen molar-refractivity contribution in [2.75, 3.05) is 18.5 Å². The third-order valence-electron chi connectivity index (χ3n) is 4.27. The molecule has 0 aliphatic heterocycles. The second-order valence-electron chi connectivity index (χ2n) is 6.56. The minimum absolute atomic E-state index is 0.132. The van der Waals surface area contributed by atoms with Gasteiger partial charge in [0.25, 0.3) is 0 Å². The predicted molar refractivity (Wildman–Crippen MR) is 108 cm³/mol. The summed E-state index contributed by atoms with van der Waals surface area (Å²) in [4.78, 5) is 24.0. The van der Waals surface area contributed by atoms with Gasteiger partial charge >= 0.3 is 11.8 Å². The first kappa shape index (κ1) is 20.5. The molecular weight excluding hydrogens is 340 g/mol. The SMILES string of the molecule is CCCCCOc1ccc(NC(=O)C(=O)NCC(C)c2ccccc2)cc1. The molecule has 144 valence electrons. The third-order valence-corrected chi connectivity index (χ3v) is 4.27. The Morgan fingerprint density at radius 1 is 0.963 bits per heavy atom. The molecule has 2 rings (SSSR count). The van der Waals surface area contributed by atoms with E-state index in [1.165, 1.54) is 0 Å². The van der Waals surface area contributed by atoms with Crippen LogP contribution in [-0.4, -0.2) is 25.0 Å². The molecule has 5 heteroatoms. The molecule has 0 saturated heterocycles. The van der Waals surface area contributed by atoms with Crippen LogP contribution in [0.4, 0.5) is 5.69 Å². The van der Waals surface area contributed by atoms with Crippen molar-refractivity contribution in [3.63, 3.8) is 0 Å². The molecule has 2 aromatic rings. The zero-order valence-electron chi connectivity index (χ0n) is 16.0. The summed E-state index contributed by atoms with van der Waals surface area (Å²) in [5.41, 5.74) is 1.68. The fourth-order valence-corrected chi connectivity index (χ4v) is 2.59. The summed E-state index contributed by atoms with van der Waals surface area (Å²) >= 11 is 0. The Morgan fingerprint density at radius 3 is 2.33 bits per heavy atom. The van der Waals surface area contributed by atoms with Crippen molar-refractivity contribution in [3.8, 4) is 5.75 Å². The Hall–Kier alpha value is -2.82. The minimum Gasteiger partial charge on any atom is -0.494 e. The van der Waals surface area contributed by atoms with E-state index in [9.17, 15) is 9.59 Å². The van der Waals surface area contributed by atoms with Crippen molar-refractivity contribution in [2.45, 2.75) is 39.0 Å². The molecule has 0 aromatic heterocycles. The van der Waals surface area contributed by atoms with Gasteiger partial charge in [-0.15, -0.1) is 0 Å². The van der Waals surface area contributed by atoms with Crippen molar-refractivity contribution >= 4 is 17.5 Å². The van der Waals surface area contributed by atoms with E-state index >= 15 is 0 Å². The van der Waals surface area contributed by atoms with Crippen LogP contribution < -0.4 is 15.4 Å². The van der Waals surface area contributed by atoms with Gasteiger partial charge in [0, 0.05) is 12.2 Å². The summed E-state index contributed by atoms with van der Waals surface area (Å²) in [6, 6.07) is 16.9. The zero-order valence-corrected chi connectivity index (χ0v) is 16.0. The maximum absolute atomic E-state index is 12.0.